The van der Waals surface area contributed by atoms with Gasteiger partial charge in [-0.15, -0.1) is 0 Å². The number of amides is 1. The average molecular weight is 305 g/mol. The third kappa shape index (κ3) is 2.18. The lowest BCUT2D eigenvalue weighted by molar-refractivity contribution is 0.0954. The van der Waals surface area contributed by atoms with E-state index >= 15 is 0 Å². The van der Waals surface area contributed by atoms with Crippen LogP contribution < -0.4 is 5.43 Å². The van der Waals surface area contributed by atoms with Crippen molar-refractivity contribution in [2.75, 3.05) is 0 Å². The van der Waals surface area contributed by atoms with Crippen LogP contribution in [0.25, 0.3) is 0 Å². The molecule has 2 aliphatic carbocycles. The van der Waals surface area contributed by atoms with Crippen LogP contribution in [0.3, 0.4) is 0 Å². The van der Waals surface area contributed by atoms with Gasteiger partial charge in [0.15, 0.2) is 0 Å². The molecule has 2 bridgehead atoms. The number of benzene rings is 1. The normalized spacial score (nSPS) is 31.6. The number of hydrogen-bond donors (Lipinski definition) is 1. The van der Waals surface area contributed by atoms with Crippen molar-refractivity contribution in [2.45, 2.75) is 40.0 Å². The van der Waals surface area contributed by atoms with E-state index in [4.69, 9.17) is 11.6 Å². The molecular formula is C17H21ClN2O. The number of nitrogens with zero attached hydrogens (tertiary/aromatic N) is 1. The smallest absolute Gasteiger partial charge is 0.267 e. The molecule has 0 heterocycles. The Morgan fingerprint density at radius 2 is 1.95 bits per heavy atom. The molecule has 112 valence electrons. The standard InChI is InChI=1S/C17H21ClN2O/c1-16(2)12-8-9-17(16,3)14(10-12)19-20-15(21)11-4-6-13(18)7-5-11/h4-7,12H,8-10H2,1-3H3,(H,20,21)/b19-14-/t12-,17-/m0/s1. The molecule has 0 unspecified atom stereocenters. The molecule has 0 radical (unpaired) electrons. The number of hydrazone groups is 1. The lowest BCUT2D eigenvalue weighted by atomic mass is 9.70. The Bertz CT molecular complexity index is 606. The van der Waals surface area contributed by atoms with Gasteiger partial charge in [-0.25, -0.2) is 5.43 Å². The first-order valence-corrected chi connectivity index (χ1v) is 7.85. The highest BCUT2D eigenvalue weighted by Gasteiger charge is 2.59. The molecule has 21 heavy (non-hydrogen) atoms. The topological polar surface area (TPSA) is 41.5 Å². The zero-order valence-corrected chi connectivity index (χ0v) is 13.5. The van der Waals surface area contributed by atoms with Crippen molar-refractivity contribution >= 4 is 23.2 Å². The number of nitrogens with one attached hydrogen (secondary N) is 1. The minimum atomic E-state index is -0.177. The Morgan fingerprint density at radius 3 is 2.48 bits per heavy atom. The van der Waals surface area contributed by atoms with Gasteiger partial charge in [0.1, 0.15) is 0 Å². The first-order chi connectivity index (χ1) is 9.84. The molecular weight excluding hydrogens is 284 g/mol. The summed E-state index contributed by atoms with van der Waals surface area (Å²) in [4.78, 5) is 12.1. The molecule has 1 aromatic carbocycles. The van der Waals surface area contributed by atoms with Crippen LogP contribution in [0, 0.1) is 16.7 Å². The summed E-state index contributed by atoms with van der Waals surface area (Å²) in [5.41, 5.74) is 4.83. The first-order valence-electron chi connectivity index (χ1n) is 7.47. The van der Waals surface area contributed by atoms with Crippen molar-refractivity contribution in [1.82, 2.24) is 5.43 Å². The summed E-state index contributed by atoms with van der Waals surface area (Å²) in [6.45, 7) is 6.94. The van der Waals surface area contributed by atoms with E-state index in [2.05, 4.69) is 31.3 Å². The molecule has 3 nitrogen and oxygen atoms in total. The van der Waals surface area contributed by atoms with Crippen LogP contribution >= 0.6 is 11.6 Å². The number of hydrogen-bond acceptors (Lipinski definition) is 2. The number of fused-ring (bicyclic) bond motifs is 2. The van der Waals surface area contributed by atoms with Gasteiger partial charge in [-0.3, -0.25) is 4.79 Å². The van der Waals surface area contributed by atoms with Gasteiger partial charge in [0, 0.05) is 21.7 Å². The van der Waals surface area contributed by atoms with E-state index in [1.54, 1.807) is 24.3 Å². The second-order valence-electron chi connectivity index (χ2n) is 7.00. The van der Waals surface area contributed by atoms with Crippen LogP contribution in [0.1, 0.15) is 50.4 Å². The third-order valence-corrected chi connectivity index (χ3v) is 6.16. The molecule has 1 N–H and O–H groups in total. The molecule has 1 aromatic rings. The fourth-order valence-corrected chi connectivity index (χ4v) is 4.01. The maximum atomic E-state index is 12.1. The van der Waals surface area contributed by atoms with Crippen molar-refractivity contribution in [1.29, 1.82) is 0 Å². The van der Waals surface area contributed by atoms with Crippen LogP contribution in [-0.4, -0.2) is 11.6 Å². The second-order valence-corrected chi connectivity index (χ2v) is 7.44. The second kappa shape index (κ2) is 4.84. The Hall–Kier alpha value is -1.35. The van der Waals surface area contributed by atoms with E-state index < -0.39 is 0 Å². The monoisotopic (exact) mass is 304 g/mol. The van der Waals surface area contributed by atoms with E-state index in [0.717, 1.165) is 12.1 Å². The summed E-state index contributed by atoms with van der Waals surface area (Å²) >= 11 is 5.83. The first kappa shape index (κ1) is 14.6. The van der Waals surface area contributed by atoms with Crippen molar-refractivity contribution < 1.29 is 4.79 Å². The largest absolute Gasteiger partial charge is 0.271 e. The fourth-order valence-electron chi connectivity index (χ4n) is 3.88. The maximum absolute atomic E-state index is 12.1. The highest BCUT2D eigenvalue weighted by molar-refractivity contribution is 6.30. The van der Waals surface area contributed by atoms with Gasteiger partial charge in [0.2, 0.25) is 0 Å². The molecule has 2 fully saturated rings. The molecule has 3 rings (SSSR count). The Morgan fingerprint density at radius 1 is 1.29 bits per heavy atom. The van der Waals surface area contributed by atoms with Gasteiger partial charge in [0.25, 0.3) is 5.91 Å². The molecule has 0 saturated heterocycles. The molecule has 2 atom stereocenters. The SMILES string of the molecule is CC1(C)[C@H]2CC[C@@]1(C)/C(=N\NC(=O)c1ccc(Cl)cc1)C2. The summed E-state index contributed by atoms with van der Waals surface area (Å²) in [5, 5.41) is 5.08. The summed E-state index contributed by atoms with van der Waals surface area (Å²) in [6, 6.07) is 6.85. The summed E-state index contributed by atoms with van der Waals surface area (Å²) in [6.07, 6.45) is 3.44. The van der Waals surface area contributed by atoms with E-state index in [-0.39, 0.29) is 16.7 Å². The van der Waals surface area contributed by atoms with Crippen LogP contribution in [0.15, 0.2) is 29.4 Å². The van der Waals surface area contributed by atoms with E-state index in [9.17, 15) is 4.79 Å². The molecule has 0 aromatic heterocycles. The zero-order valence-electron chi connectivity index (χ0n) is 12.7. The van der Waals surface area contributed by atoms with Gasteiger partial charge in [-0.1, -0.05) is 32.4 Å². The molecule has 4 heteroatoms. The maximum Gasteiger partial charge on any atom is 0.271 e. The minimum absolute atomic E-state index is 0.116. The van der Waals surface area contributed by atoms with Crippen molar-refractivity contribution in [2.24, 2.45) is 21.8 Å². The summed E-state index contributed by atoms with van der Waals surface area (Å²) in [5.74, 6) is 0.511. The highest BCUT2D eigenvalue weighted by atomic mass is 35.5. The van der Waals surface area contributed by atoms with E-state index in [1.807, 2.05) is 0 Å². The third-order valence-electron chi connectivity index (χ3n) is 5.91. The lowest BCUT2D eigenvalue weighted by Crippen LogP contribution is -2.34. The van der Waals surface area contributed by atoms with Gasteiger partial charge in [0.05, 0.1) is 0 Å². The zero-order chi connectivity index (χ0) is 15.3. The Labute approximate surface area is 130 Å². The average Bonchev–Trinajstić information content (AvgIpc) is 2.78. The summed E-state index contributed by atoms with van der Waals surface area (Å²) < 4.78 is 0. The number of carbonyl (C=O) groups is 1. The number of rotatable bonds is 2. The predicted octanol–water partition coefficient (Wildman–Crippen LogP) is 4.27. The molecule has 2 aliphatic rings. The molecule has 0 spiro atoms. The fraction of sp³-hybridized carbons (Fsp3) is 0.529. The van der Waals surface area contributed by atoms with Gasteiger partial charge in [-0.05, 0) is 54.9 Å². The van der Waals surface area contributed by atoms with Crippen molar-refractivity contribution in [3.8, 4) is 0 Å². The Balaban J connectivity index is 1.76. The number of halogens is 1. The molecule has 1 amide bonds. The summed E-state index contributed by atoms with van der Waals surface area (Å²) in [7, 11) is 0. The lowest BCUT2D eigenvalue weighted by Gasteiger charge is -2.34. The van der Waals surface area contributed by atoms with Crippen LogP contribution in [0.4, 0.5) is 0 Å². The number of carbonyl (C=O) groups excluding carboxylic acids is 1. The van der Waals surface area contributed by atoms with Gasteiger partial charge < -0.3 is 0 Å². The van der Waals surface area contributed by atoms with Crippen LogP contribution in [0.2, 0.25) is 5.02 Å². The van der Waals surface area contributed by atoms with E-state index in [1.165, 1.54) is 12.8 Å². The van der Waals surface area contributed by atoms with Gasteiger partial charge >= 0.3 is 0 Å². The van der Waals surface area contributed by atoms with Gasteiger partial charge in [-0.2, -0.15) is 5.10 Å². The molecule has 0 aliphatic heterocycles. The highest BCUT2D eigenvalue weighted by Crippen LogP contribution is 2.63. The van der Waals surface area contributed by atoms with Crippen LogP contribution in [0.5, 0.6) is 0 Å². The van der Waals surface area contributed by atoms with E-state index in [0.29, 0.717) is 16.5 Å². The van der Waals surface area contributed by atoms with Crippen molar-refractivity contribution in [3.63, 3.8) is 0 Å². The van der Waals surface area contributed by atoms with Crippen molar-refractivity contribution in [3.05, 3.63) is 34.9 Å². The minimum Gasteiger partial charge on any atom is -0.267 e. The quantitative estimate of drug-likeness (QED) is 0.814. The van der Waals surface area contributed by atoms with Crippen LogP contribution in [-0.2, 0) is 0 Å². The molecule has 2 saturated carbocycles. The predicted molar refractivity (Wildman–Crippen MR) is 85.6 cm³/mol. The Kier molecular flexibility index (Phi) is 3.36.